The zero-order valence-corrected chi connectivity index (χ0v) is 16.1. The first-order chi connectivity index (χ1) is 13.5. The van der Waals surface area contributed by atoms with E-state index in [1.54, 1.807) is 24.3 Å². The second kappa shape index (κ2) is 9.48. The van der Waals surface area contributed by atoms with Gasteiger partial charge >= 0.3 is 11.9 Å². The minimum absolute atomic E-state index is 0.407. The minimum atomic E-state index is -0.569. The van der Waals surface area contributed by atoms with Crippen LogP contribution >= 0.6 is 0 Å². The summed E-state index contributed by atoms with van der Waals surface area (Å²) in [6.07, 6.45) is 2.14. The lowest BCUT2D eigenvalue weighted by Gasteiger charge is -2.28. The highest BCUT2D eigenvalue weighted by Crippen LogP contribution is 2.25. The van der Waals surface area contributed by atoms with Crippen molar-refractivity contribution in [1.82, 2.24) is 0 Å². The molecule has 2 aromatic carbocycles. The Bertz CT molecular complexity index is 727. The van der Waals surface area contributed by atoms with E-state index in [0.29, 0.717) is 24.0 Å². The number of carbonyl (C=O) groups is 2. The maximum atomic E-state index is 12.1. The number of carbonyl (C=O) groups excluding carboxylic acids is 2. The number of aryl methyl sites for hydroxylation is 2. The van der Waals surface area contributed by atoms with Gasteiger partial charge in [-0.3, -0.25) is 9.78 Å². The smallest absolute Gasteiger partial charge is 0.292 e. The molecule has 0 N–H and O–H groups in total. The average Bonchev–Trinajstić information content (AvgIpc) is 2.72. The van der Waals surface area contributed by atoms with Crippen molar-refractivity contribution in [3.05, 3.63) is 70.8 Å². The molecule has 2 unspecified atom stereocenters. The third kappa shape index (κ3) is 5.41. The van der Waals surface area contributed by atoms with E-state index in [4.69, 9.17) is 19.6 Å². The SMILES string of the molecule is Cc1ccc(C(=O)OOC2CCCCC2OOC(=O)c2ccc(C)cc2)cc1. The van der Waals surface area contributed by atoms with Crippen LogP contribution in [-0.2, 0) is 19.6 Å². The van der Waals surface area contributed by atoms with Crippen LogP contribution in [-0.4, -0.2) is 24.1 Å². The molecule has 0 spiro atoms. The minimum Gasteiger partial charge on any atom is -0.292 e. The molecule has 2 aromatic rings. The zero-order valence-electron chi connectivity index (χ0n) is 16.1. The number of hydrogen-bond donors (Lipinski definition) is 0. The van der Waals surface area contributed by atoms with Crippen molar-refractivity contribution in [2.24, 2.45) is 0 Å². The van der Waals surface area contributed by atoms with E-state index in [1.165, 1.54) is 0 Å². The number of hydrogen-bond acceptors (Lipinski definition) is 6. The van der Waals surface area contributed by atoms with Crippen LogP contribution in [0.5, 0.6) is 0 Å². The molecule has 0 aromatic heterocycles. The normalized spacial score (nSPS) is 19.1. The molecule has 6 nitrogen and oxygen atoms in total. The Balaban J connectivity index is 1.52. The quantitative estimate of drug-likeness (QED) is 0.540. The highest BCUT2D eigenvalue weighted by atomic mass is 17.2. The third-order valence-corrected chi connectivity index (χ3v) is 4.71. The van der Waals surface area contributed by atoms with Gasteiger partial charge in [-0.25, -0.2) is 9.59 Å². The van der Waals surface area contributed by atoms with Crippen LogP contribution in [0.1, 0.15) is 57.5 Å². The molecule has 6 heteroatoms. The van der Waals surface area contributed by atoms with Gasteiger partial charge < -0.3 is 0 Å². The molecule has 1 fully saturated rings. The predicted molar refractivity (Wildman–Crippen MR) is 101 cm³/mol. The highest BCUT2D eigenvalue weighted by molar-refractivity contribution is 5.89. The van der Waals surface area contributed by atoms with Gasteiger partial charge in [0.25, 0.3) is 0 Å². The first-order valence-electron chi connectivity index (χ1n) is 9.41. The van der Waals surface area contributed by atoms with Gasteiger partial charge in [0.1, 0.15) is 12.2 Å². The molecule has 0 saturated heterocycles. The molecule has 2 atom stereocenters. The summed E-state index contributed by atoms with van der Waals surface area (Å²) in [6, 6.07) is 14.0. The second-order valence-corrected chi connectivity index (χ2v) is 7.03. The van der Waals surface area contributed by atoms with Gasteiger partial charge in [0.15, 0.2) is 0 Å². The summed E-state index contributed by atoms with van der Waals surface area (Å²) in [7, 11) is 0. The van der Waals surface area contributed by atoms with Crippen molar-refractivity contribution >= 4 is 11.9 Å². The molecule has 1 aliphatic rings. The molecule has 0 bridgehead atoms. The Morgan fingerprint density at radius 1 is 0.679 bits per heavy atom. The zero-order chi connectivity index (χ0) is 19.9. The van der Waals surface area contributed by atoms with Crippen LogP contribution in [0.25, 0.3) is 0 Å². The predicted octanol–water partition coefficient (Wildman–Crippen LogP) is 4.49. The van der Waals surface area contributed by atoms with E-state index in [0.717, 1.165) is 24.0 Å². The van der Waals surface area contributed by atoms with Crippen molar-refractivity contribution in [3.8, 4) is 0 Å². The van der Waals surface area contributed by atoms with Gasteiger partial charge in [0, 0.05) is 0 Å². The van der Waals surface area contributed by atoms with Crippen LogP contribution in [0.3, 0.4) is 0 Å². The Morgan fingerprint density at radius 3 is 1.39 bits per heavy atom. The fourth-order valence-corrected chi connectivity index (χ4v) is 2.97. The average molecular weight is 384 g/mol. The fraction of sp³-hybridized carbons (Fsp3) is 0.364. The summed E-state index contributed by atoms with van der Waals surface area (Å²) in [6.45, 7) is 3.88. The number of rotatable bonds is 6. The number of benzene rings is 2. The largest absolute Gasteiger partial charge is 0.373 e. The highest BCUT2D eigenvalue weighted by Gasteiger charge is 2.31. The van der Waals surface area contributed by atoms with Crippen LogP contribution in [0.2, 0.25) is 0 Å². The van der Waals surface area contributed by atoms with Crippen LogP contribution < -0.4 is 0 Å². The van der Waals surface area contributed by atoms with Crippen LogP contribution in [0.4, 0.5) is 0 Å². The van der Waals surface area contributed by atoms with Crippen LogP contribution in [0.15, 0.2) is 48.5 Å². The van der Waals surface area contributed by atoms with E-state index in [-0.39, 0.29) is 0 Å². The summed E-state index contributed by atoms with van der Waals surface area (Å²) >= 11 is 0. The van der Waals surface area contributed by atoms with Crippen molar-refractivity contribution in [3.63, 3.8) is 0 Å². The fourth-order valence-electron chi connectivity index (χ4n) is 2.97. The Kier molecular flexibility index (Phi) is 6.79. The van der Waals surface area contributed by atoms with E-state index < -0.39 is 24.1 Å². The second-order valence-electron chi connectivity index (χ2n) is 7.03. The van der Waals surface area contributed by atoms with Crippen molar-refractivity contribution < 1.29 is 29.1 Å². The molecule has 28 heavy (non-hydrogen) atoms. The van der Waals surface area contributed by atoms with Crippen molar-refractivity contribution in [2.75, 3.05) is 0 Å². The van der Waals surface area contributed by atoms with E-state index in [9.17, 15) is 9.59 Å². The van der Waals surface area contributed by atoms with Crippen molar-refractivity contribution in [1.29, 1.82) is 0 Å². The van der Waals surface area contributed by atoms with Gasteiger partial charge in [-0.15, -0.1) is 0 Å². The summed E-state index contributed by atoms with van der Waals surface area (Å²) in [4.78, 5) is 44.8. The molecule has 148 valence electrons. The first kappa shape index (κ1) is 20.0. The lowest BCUT2D eigenvalue weighted by Crippen LogP contribution is -2.36. The van der Waals surface area contributed by atoms with E-state index >= 15 is 0 Å². The van der Waals surface area contributed by atoms with Gasteiger partial charge in [0.05, 0.1) is 11.1 Å². The summed E-state index contributed by atoms with van der Waals surface area (Å²) in [5.41, 5.74) is 2.91. The molecule has 1 aliphatic carbocycles. The van der Waals surface area contributed by atoms with Crippen LogP contribution in [0, 0.1) is 13.8 Å². The molecule has 1 saturated carbocycles. The maximum Gasteiger partial charge on any atom is 0.373 e. The summed E-state index contributed by atoms with van der Waals surface area (Å²) in [5.74, 6) is -1.14. The molecule has 0 radical (unpaired) electrons. The summed E-state index contributed by atoms with van der Waals surface area (Å²) < 4.78 is 0. The van der Waals surface area contributed by atoms with Gasteiger partial charge in [0.2, 0.25) is 0 Å². The maximum absolute atomic E-state index is 12.1. The Morgan fingerprint density at radius 2 is 1.04 bits per heavy atom. The Labute approximate surface area is 164 Å². The lowest BCUT2D eigenvalue weighted by molar-refractivity contribution is -0.352. The van der Waals surface area contributed by atoms with E-state index in [1.807, 2.05) is 38.1 Å². The molecule has 0 aliphatic heterocycles. The lowest BCUT2D eigenvalue weighted by atomic mass is 9.95. The Hall–Kier alpha value is -2.70. The topological polar surface area (TPSA) is 71.1 Å². The molecule has 0 amide bonds. The molecular weight excluding hydrogens is 360 g/mol. The van der Waals surface area contributed by atoms with Crippen molar-refractivity contribution in [2.45, 2.75) is 51.7 Å². The van der Waals surface area contributed by atoms with Gasteiger partial charge in [-0.2, -0.15) is 9.78 Å². The van der Waals surface area contributed by atoms with Gasteiger partial charge in [-0.05, 0) is 51.0 Å². The third-order valence-electron chi connectivity index (χ3n) is 4.71. The molecular formula is C22H24O6. The standard InChI is InChI=1S/C22H24O6/c1-15-7-11-17(12-8-15)21(23)27-25-19-5-3-4-6-20(19)26-28-22(24)18-13-9-16(2)10-14-18/h7-14,19-20H,3-6H2,1-2H3. The molecule has 3 rings (SSSR count). The first-order valence-corrected chi connectivity index (χ1v) is 9.41. The monoisotopic (exact) mass is 384 g/mol. The summed E-state index contributed by atoms with van der Waals surface area (Å²) in [5, 5.41) is 0. The van der Waals surface area contributed by atoms with Gasteiger partial charge in [-0.1, -0.05) is 48.2 Å². The molecule has 0 heterocycles. The van der Waals surface area contributed by atoms with E-state index in [2.05, 4.69) is 0 Å².